The molecule has 1 aromatic carbocycles. The number of nitrogens with two attached hydrogens (primary N) is 1. The van der Waals surface area contributed by atoms with Gasteiger partial charge in [0.2, 0.25) is 5.91 Å². The first kappa shape index (κ1) is 20.6. The second-order valence-electron chi connectivity index (χ2n) is 7.10. The third-order valence-corrected chi connectivity index (χ3v) is 5.25. The van der Waals surface area contributed by atoms with Crippen LogP contribution in [-0.2, 0) is 4.79 Å². The van der Waals surface area contributed by atoms with Crippen molar-refractivity contribution in [3.05, 3.63) is 35.6 Å². The molecule has 0 spiro atoms. The predicted molar refractivity (Wildman–Crippen MR) is 101 cm³/mol. The number of carbonyl (C=O) groups is 2. The molecular weight excluding hydrogens is 357 g/mol. The molecule has 2 aliphatic rings. The van der Waals surface area contributed by atoms with E-state index in [1.165, 1.54) is 24.3 Å². The van der Waals surface area contributed by atoms with E-state index in [0.29, 0.717) is 31.7 Å². The number of nitrogens with zero attached hydrogens (tertiary/aromatic N) is 2. The zero-order valence-electron chi connectivity index (χ0n) is 14.9. The summed E-state index contributed by atoms with van der Waals surface area (Å²) in [6, 6.07) is 5.75. The Bertz CT molecular complexity index is 626. The first-order chi connectivity index (χ1) is 12.0. The van der Waals surface area contributed by atoms with Crippen molar-refractivity contribution in [1.29, 1.82) is 0 Å². The number of amides is 2. The minimum Gasteiger partial charge on any atom is -0.341 e. The lowest BCUT2D eigenvalue weighted by Crippen LogP contribution is -2.42. The number of benzene rings is 1. The van der Waals surface area contributed by atoms with Crippen LogP contribution in [0.2, 0.25) is 0 Å². The molecule has 1 aliphatic carbocycles. The minimum atomic E-state index is -0.352. The summed E-state index contributed by atoms with van der Waals surface area (Å²) in [7, 11) is 0. The summed E-state index contributed by atoms with van der Waals surface area (Å²) in [5.41, 5.74) is 6.50. The smallest absolute Gasteiger partial charge is 0.253 e. The van der Waals surface area contributed by atoms with Crippen molar-refractivity contribution < 1.29 is 14.0 Å². The maximum Gasteiger partial charge on any atom is 0.253 e. The van der Waals surface area contributed by atoms with Gasteiger partial charge in [-0.25, -0.2) is 4.39 Å². The van der Waals surface area contributed by atoms with E-state index >= 15 is 0 Å². The Hall–Kier alpha value is -1.66. The van der Waals surface area contributed by atoms with Crippen LogP contribution in [0.15, 0.2) is 24.3 Å². The number of carbonyl (C=O) groups excluding carboxylic acids is 2. The molecule has 2 amide bonds. The Labute approximate surface area is 160 Å². The van der Waals surface area contributed by atoms with Gasteiger partial charge in [0.05, 0.1) is 0 Å². The highest BCUT2D eigenvalue weighted by Crippen LogP contribution is 2.25. The molecular formula is C19H27ClFN3O2. The lowest BCUT2D eigenvalue weighted by atomic mass is 9.85. The summed E-state index contributed by atoms with van der Waals surface area (Å²) >= 11 is 0. The average Bonchev–Trinajstić information content (AvgIpc) is 2.87. The van der Waals surface area contributed by atoms with E-state index in [0.717, 1.165) is 32.1 Å². The fourth-order valence-corrected chi connectivity index (χ4v) is 3.83. The molecule has 5 nitrogen and oxygen atoms in total. The minimum absolute atomic E-state index is 0. The van der Waals surface area contributed by atoms with Crippen LogP contribution in [0.25, 0.3) is 0 Å². The van der Waals surface area contributed by atoms with Crippen LogP contribution in [0.4, 0.5) is 4.39 Å². The van der Waals surface area contributed by atoms with Gasteiger partial charge in [-0.1, -0.05) is 6.42 Å². The zero-order valence-corrected chi connectivity index (χ0v) is 15.7. The number of hydrogen-bond donors (Lipinski definition) is 1. The van der Waals surface area contributed by atoms with E-state index in [1.54, 1.807) is 4.90 Å². The first-order valence-electron chi connectivity index (χ1n) is 9.14. The molecule has 0 aromatic heterocycles. The molecule has 2 fully saturated rings. The van der Waals surface area contributed by atoms with Crippen molar-refractivity contribution >= 4 is 24.2 Å². The summed E-state index contributed by atoms with van der Waals surface area (Å²) in [5, 5.41) is 0. The molecule has 1 aromatic rings. The second-order valence-corrected chi connectivity index (χ2v) is 7.10. The van der Waals surface area contributed by atoms with E-state index < -0.39 is 0 Å². The Morgan fingerprint density at radius 3 is 2.31 bits per heavy atom. The Morgan fingerprint density at radius 2 is 1.62 bits per heavy atom. The van der Waals surface area contributed by atoms with Crippen LogP contribution in [0.1, 0.15) is 42.5 Å². The highest BCUT2D eigenvalue weighted by molar-refractivity contribution is 5.94. The van der Waals surface area contributed by atoms with Gasteiger partial charge in [0.25, 0.3) is 5.91 Å². The van der Waals surface area contributed by atoms with Crippen molar-refractivity contribution in [2.24, 2.45) is 11.7 Å². The van der Waals surface area contributed by atoms with E-state index in [-0.39, 0.29) is 42.0 Å². The molecule has 1 saturated carbocycles. The van der Waals surface area contributed by atoms with Gasteiger partial charge in [0, 0.05) is 43.7 Å². The molecule has 1 heterocycles. The Morgan fingerprint density at radius 1 is 0.962 bits per heavy atom. The van der Waals surface area contributed by atoms with Gasteiger partial charge in [-0.05, 0) is 49.9 Å². The van der Waals surface area contributed by atoms with Crippen LogP contribution in [0, 0.1) is 11.7 Å². The van der Waals surface area contributed by atoms with E-state index in [1.807, 2.05) is 4.90 Å². The molecule has 144 valence electrons. The molecule has 2 N–H and O–H groups in total. The van der Waals surface area contributed by atoms with Crippen LogP contribution in [0.5, 0.6) is 0 Å². The van der Waals surface area contributed by atoms with Gasteiger partial charge in [0.15, 0.2) is 0 Å². The zero-order chi connectivity index (χ0) is 17.8. The van der Waals surface area contributed by atoms with E-state index in [2.05, 4.69) is 0 Å². The summed E-state index contributed by atoms with van der Waals surface area (Å²) in [6.07, 6.45) is 4.47. The van der Waals surface area contributed by atoms with E-state index in [4.69, 9.17) is 5.73 Å². The van der Waals surface area contributed by atoms with Gasteiger partial charge < -0.3 is 15.5 Å². The van der Waals surface area contributed by atoms with Crippen LogP contribution < -0.4 is 5.73 Å². The molecule has 7 heteroatoms. The van der Waals surface area contributed by atoms with Crippen molar-refractivity contribution in [1.82, 2.24) is 9.80 Å². The SMILES string of the molecule is Cl.NC1CCCC(C(=O)N2CCCN(C(=O)c3ccc(F)cc3)CC2)C1. The van der Waals surface area contributed by atoms with Gasteiger partial charge >= 0.3 is 0 Å². The molecule has 0 radical (unpaired) electrons. The Kier molecular flexibility index (Phi) is 7.41. The number of hydrogen-bond acceptors (Lipinski definition) is 3. The van der Waals surface area contributed by atoms with Gasteiger partial charge in [0.1, 0.15) is 5.82 Å². The summed E-state index contributed by atoms with van der Waals surface area (Å²) in [6.45, 7) is 2.36. The maximum absolute atomic E-state index is 13.0. The third-order valence-electron chi connectivity index (χ3n) is 5.25. The largest absolute Gasteiger partial charge is 0.341 e. The van der Waals surface area contributed by atoms with Gasteiger partial charge in [-0.2, -0.15) is 0 Å². The lowest BCUT2D eigenvalue weighted by molar-refractivity contribution is -0.136. The predicted octanol–water partition coefficient (Wildman–Crippen LogP) is 2.44. The molecule has 2 unspecified atom stereocenters. The normalized spacial score (nSPS) is 23.8. The number of rotatable bonds is 2. The third kappa shape index (κ3) is 4.95. The van der Waals surface area contributed by atoms with Crippen molar-refractivity contribution in [2.45, 2.75) is 38.1 Å². The fraction of sp³-hybridized carbons (Fsp3) is 0.579. The summed E-state index contributed by atoms with van der Waals surface area (Å²) in [5.74, 6) is -0.238. The highest BCUT2D eigenvalue weighted by Gasteiger charge is 2.30. The number of halogens is 2. The van der Waals surface area contributed by atoms with Crippen LogP contribution in [-0.4, -0.2) is 53.8 Å². The average molecular weight is 384 g/mol. The Balaban J connectivity index is 0.00000243. The van der Waals surface area contributed by atoms with Crippen molar-refractivity contribution in [2.75, 3.05) is 26.2 Å². The van der Waals surface area contributed by atoms with Crippen molar-refractivity contribution in [3.63, 3.8) is 0 Å². The first-order valence-corrected chi connectivity index (χ1v) is 9.14. The molecule has 0 bridgehead atoms. The fourth-order valence-electron chi connectivity index (χ4n) is 3.83. The lowest BCUT2D eigenvalue weighted by Gasteiger charge is -2.30. The quantitative estimate of drug-likeness (QED) is 0.852. The molecule has 26 heavy (non-hydrogen) atoms. The highest BCUT2D eigenvalue weighted by atomic mass is 35.5. The molecule has 1 aliphatic heterocycles. The standard InChI is InChI=1S/C19H26FN3O2.ClH/c20-16-7-5-14(6-8-16)18(24)22-9-2-10-23(12-11-22)19(25)15-3-1-4-17(21)13-15;/h5-8,15,17H,1-4,9-13,21H2;1H. The maximum atomic E-state index is 13.0. The van der Waals surface area contributed by atoms with Crippen LogP contribution in [0.3, 0.4) is 0 Å². The summed E-state index contributed by atoms with van der Waals surface area (Å²) in [4.78, 5) is 29.0. The van der Waals surface area contributed by atoms with Gasteiger partial charge in [-0.3, -0.25) is 9.59 Å². The monoisotopic (exact) mass is 383 g/mol. The van der Waals surface area contributed by atoms with Gasteiger partial charge in [-0.15, -0.1) is 12.4 Å². The summed E-state index contributed by atoms with van der Waals surface area (Å²) < 4.78 is 13.0. The second kappa shape index (κ2) is 9.33. The van der Waals surface area contributed by atoms with Crippen LogP contribution >= 0.6 is 12.4 Å². The molecule has 1 saturated heterocycles. The van der Waals surface area contributed by atoms with E-state index in [9.17, 15) is 14.0 Å². The molecule has 2 atom stereocenters. The van der Waals surface area contributed by atoms with Crippen molar-refractivity contribution in [3.8, 4) is 0 Å². The topological polar surface area (TPSA) is 66.6 Å². The molecule has 3 rings (SSSR count).